The Labute approximate surface area is 115 Å². The molecule has 20 heavy (non-hydrogen) atoms. The lowest BCUT2D eigenvalue weighted by Gasteiger charge is -2.28. The monoisotopic (exact) mass is 312 g/mol. The van der Waals surface area contributed by atoms with E-state index in [2.05, 4.69) is 10.2 Å². The number of carboxylic acid groups (broad SMARTS) is 1. The lowest BCUT2D eigenvalue weighted by Crippen LogP contribution is -2.62. The summed E-state index contributed by atoms with van der Waals surface area (Å²) in [6.07, 6.45) is -4.60. The number of nitrogens with one attached hydrogen (secondary N) is 2. The Morgan fingerprint density at radius 3 is 2.35 bits per heavy atom. The number of hydrogen-bond acceptors (Lipinski definition) is 5. The second kappa shape index (κ2) is 5.61. The molecule has 2 amide bonds. The quantitative estimate of drug-likeness (QED) is 0.784. The number of amides is 2. The van der Waals surface area contributed by atoms with Gasteiger partial charge in [-0.15, -0.1) is 10.2 Å². The number of carbonyl (C=O) groups excluding carboxylic acids is 1. The Morgan fingerprint density at radius 2 is 1.95 bits per heavy atom. The van der Waals surface area contributed by atoms with Gasteiger partial charge in [-0.25, -0.2) is 9.59 Å². The van der Waals surface area contributed by atoms with Gasteiger partial charge in [-0.2, -0.15) is 13.2 Å². The van der Waals surface area contributed by atoms with E-state index in [9.17, 15) is 22.8 Å². The highest BCUT2D eigenvalue weighted by Crippen LogP contribution is 2.30. The van der Waals surface area contributed by atoms with Gasteiger partial charge >= 0.3 is 18.2 Å². The lowest BCUT2D eigenvalue weighted by molar-refractivity contribution is -0.203. The number of carboxylic acids is 1. The van der Waals surface area contributed by atoms with Crippen LogP contribution in [-0.2, 0) is 11.2 Å². The van der Waals surface area contributed by atoms with Gasteiger partial charge in [-0.3, -0.25) is 5.32 Å². The average molecular weight is 312 g/mol. The molecule has 1 atom stereocenters. The van der Waals surface area contributed by atoms with Crippen LogP contribution in [0.5, 0.6) is 0 Å². The second-order valence-corrected chi connectivity index (χ2v) is 4.92. The van der Waals surface area contributed by atoms with E-state index in [1.54, 1.807) is 6.92 Å². The number of carbonyl (C=O) groups is 2. The number of anilines is 1. The first-order chi connectivity index (χ1) is 9.10. The van der Waals surface area contributed by atoms with Crippen LogP contribution in [0.2, 0.25) is 0 Å². The number of aryl methyl sites for hydroxylation is 1. The molecule has 0 aliphatic heterocycles. The van der Waals surface area contributed by atoms with Crippen molar-refractivity contribution in [1.29, 1.82) is 0 Å². The normalized spacial score (nSPS) is 14.4. The molecule has 7 nitrogen and oxygen atoms in total. The zero-order chi connectivity index (χ0) is 15.6. The summed E-state index contributed by atoms with van der Waals surface area (Å²) in [7, 11) is 0. The maximum Gasteiger partial charge on any atom is 0.422 e. The first kappa shape index (κ1) is 16.1. The van der Waals surface area contributed by atoms with Gasteiger partial charge in [0.2, 0.25) is 10.7 Å². The van der Waals surface area contributed by atoms with Gasteiger partial charge in [0.15, 0.2) is 0 Å². The zero-order valence-corrected chi connectivity index (χ0v) is 11.2. The number of aromatic nitrogens is 2. The number of halogens is 3. The van der Waals surface area contributed by atoms with Crippen LogP contribution in [0.1, 0.15) is 18.9 Å². The molecule has 1 heterocycles. The van der Waals surface area contributed by atoms with Gasteiger partial charge in [-0.1, -0.05) is 18.3 Å². The molecule has 112 valence electrons. The molecule has 0 fully saturated rings. The Kier molecular flexibility index (Phi) is 4.53. The van der Waals surface area contributed by atoms with Gasteiger partial charge in [-0.05, 0) is 13.3 Å². The summed E-state index contributed by atoms with van der Waals surface area (Å²) < 4.78 is 38.0. The van der Waals surface area contributed by atoms with Crippen LogP contribution in [0, 0.1) is 0 Å². The largest absolute Gasteiger partial charge is 0.479 e. The molecular formula is C9H11F3N4O3S. The van der Waals surface area contributed by atoms with E-state index in [-0.39, 0.29) is 5.13 Å². The molecule has 0 aliphatic carbocycles. The Hall–Kier alpha value is -1.91. The standard InChI is InChI=1S/C9H11F3N4O3S/c1-3-4-15-16-7(20-4)13-6(19)14-8(2,5(17)18)9(10,11)12/h3H2,1-2H3,(H,17,18)(H2,13,14,16,19). The number of rotatable bonds is 4. The summed E-state index contributed by atoms with van der Waals surface area (Å²) in [4.78, 5) is 22.1. The predicted molar refractivity (Wildman–Crippen MR) is 63.5 cm³/mol. The summed E-state index contributed by atoms with van der Waals surface area (Å²) in [5.74, 6) is -2.22. The smallest absolute Gasteiger partial charge is 0.422 e. The zero-order valence-electron chi connectivity index (χ0n) is 10.4. The molecule has 0 spiro atoms. The van der Waals surface area contributed by atoms with E-state index >= 15 is 0 Å². The molecule has 3 N–H and O–H groups in total. The SMILES string of the molecule is CCc1nnc(NC(=O)NC(C)(C(=O)O)C(F)(F)F)s1. The van der Waals surface area contributed by atoms with Gasteiger partial charge in [0.05, 0.1) is 0 Å². The van der Waals surface area contributed by atoms with Crippen LogP contribution in [0.15, 0.2) is 0 Å². The van der Waals surface area contributed by atoms with Crippen LogP contribution in [0.3, 0.4) is 0 Å². The van der Waals surface area contributed by atoms with Gasteiger partial charge in [0.1, 0.15) is 5.01 Å². The highest BCUT2D eigenvalue weighted by molar-refractivity contribution is 7.15. The van der Waals surface area contributed by atoms with E-state index in [4.69, 9.17) is 5.11 Å². The molecule has 0 radical (unpaired) electrons. The first-order valence-corrected chi connectivity index (χ1v) is 6.13. The Morgan fingerprint density at radius 1 is 1.35 bits per heavy atom. The summed E-state index contributed by atoms with van der Waals surface area (Å²) in [5, 5.41) is 19.8. The Bertz CT molecular complexity index is 519. The molecule has 0 aromatic carbocycles. The number of nitrogens with zero attached hydrogens (tertiary/aromatic N) is 2. The first-order valence-electron chi connectivity index (χ1n) is 5.31. The van der Waals surface area contributed by atoms with Crippen molar-refractivity contribution >= 4 is 28.5 Å². The number of aliphatic carboxylic acids is 1. The number of urea groups is 1. The van der Waals surface area contributed by atoms with Crippen molar-refractivity contribution < 1.29 is 27.9 Å². The minimum absolute atomic E-state index is 0.0192. The minimum atomic E-state index is -5.15. The molecule has 1 aromatic heterocycles. The van der Waals surface area contributed by atoms with Crippen LogP contribution in [0.25, 0.3) is 0 Å². The summed E-state index contributed by atoms with van der Waals surface area (Å²) >= 11 is 0.980. The van der Waals surface area contributed by atoms with E-state index in [1.165, 1.54) is 5.32 Å². The maximum absolute atomic E-state index is 12.7. The molecule has 0 aliphatic rings. The molecule has 1 rings (SSSR count). The molecule has 1 unspecified atom stereocenters. The predicted octanol–water partition coefficient (Wildman–Crippen LogP) is 1.63. The minimum Gasteiger partial charge on any atom is -0.479 e. The number of hydrogen-bond donors (Lipinski definition) is 3. The van der Waals surface area contributed by atoms with Crippen molar-refractivity contribution in [3.05, 3.63) is 5.01 Å². The van der Waals surface area contributed by atoms with Gasteiger partial charge < -0.3 is 10.4 Å². The summed E-state index contributed by atoms with van der Waals surface area (Å²) in [6, 6.07) is -1.33. The maximum atomic E-state index is 12.7. The van der Waals surface area contributed by atoms with Crippen molar-refractivity contribution in [2.24, 2.45) is 0 Å². The third-order valence-electron chi connectivity index (χ3n) is 2.35. The molecule has 1 aromatic rings. The topological polar surface area (TPSA) is 104 Å². The van der Waals surface area contributed by atoms with Crippen molar-refractivity contribution in [2.75, 3.05) is 5.32 Å². The van der Waals surface area contributed by atoms with Crippen molar-refractivity contribution in [1.82, 2.24) is 15.5 Å². The molecule has 11 heteroatoms. The van der Waals surface area contributed by atoms with E-state index in [1.807, 2.05) is 5.32 Å². The van der Waals surface area contributed by atoms with Crippen LogP contribution >= 0.6 is 11.3 Å². The van der Waals surface area contributed by atoms with Gasteiger partial charge in [0.25, 0.3) is 0 Å². The summed E-state index contributed by atoms with van der Waals surface area (Å²) in [6.45, 7) is 2.14. The van der Waals surface area contributed by atoms with Crippen LogP contribution < -0.4 is 10.6 Å². The van der Waals surface area contributed by atoms with Crippen molar-refractivity contribution in [2.45, 2.75) is 32.0 Å². The number of alkyl halides is 3. The lowest BCUT2D eigenvalue weighted by atomic mass is 10.0. The van der Waals surface area contributed by atoms with E-state index in [0.717, 1.165) is 11.3 Å². The molecular weight excluding hydrogens is 301 g/mol. The van der Waals surface area contributed by atoms with Crippen molar-refractivity contribution in [3.63, 3.8) is 0 Å². The second-order valence-electron chi connectivity index (χ2n) is 3.86. The molecule has 0 bridgehead atoms. The van der Waals surface area contributed by atoms with Crippen LogP contribution in [-0.4, -0.2) is 39.0 Å². The van der Waals surface area contributed by atoms with Crippen molar-refractivity contribution in [3.8, 4) is 0 Å². The summed E-state index contributed by atoms with van der Waals surface area (Å²) in [5.41, 5.74) is -3.39. The highest BCUT2D eigenvalue weighted by atomic mass is 32.1. The van der Waals surface area contributed by atoms with Gasteiger partial charge in [0, 0.05) is 0 Å². The molecule has 0 saturated heterocycles. The molecule has 0 saturated carbocycles. The fourth-order valence-electron chi connectivity index (χ4n) is 1.05. The third kappa shape index (κ3) is 3.35. The fraction of sp³-hybridized carbons (Fsp3) is 0.556. The van der Waals surface area contributed by atoms with E-state index < -0.39 is 23.7 Å². The average Bonchev–Trinajstić information content (AvgIpc) is 2.74. The fourth-order valence-corrected chi connectivity index (χ4v) is 1.72. The Balaban J connectivity index is 2.80. The van der Waals surface area contributed by atoms with Crippen LogP contribution in [0.4, 0.5) is 23.1 Å². The van der Waals surface area contributed by atoms with E-state index in [0.29, 0.717) is 18.4 Å². The highest BCUT2D eigenvalue weighted by Gasteiger charge is 2.58. The third-order valence-corrected chi connectivity index (χ3v) is 3.33.